The number of nitrogens with zero attached hydrogens (tertiary/aromatic N) is 1. The Morgan fingerprint density at radius 2 is 1.91 bits per heavy atom. The van der Waals surface area contributed by atoms with E-state index in [2.05, 4.69) is 17.2 Å². The van der Waals surface area contributed by atoms with Crippen molar-refractivity contribution in [1.82, 2.24) is 4.98 Å². The van der Waals surface area contributed by atoms with Crippen LogP contribution in [0.5, 0.6) is 5.88 Å². The molecule has 2 aromatic rings. The van der Waals surface area contributed by atoms with Gasteiger partial charge >= 0.3 is 0 Å². The molecule has 6 nitrogen and oxygen atoms in total. The van der Waals surface area contributed by atoms with Crippen molar-refractivity contribution >= 4 is 15.7 Å². The molecule has 0 atom stereocenters. The number of benzene rings is 1. The van der Waals surface area contributed by atoms with E-state index in [-0.39, 0.29) is 4.90 Å². The van der Waals surface area contributed by atoms with Crippen molar-refractivity contribution in [2.45, 2.75) is 24.7 Å². The summed E-state index contributed by atoms with van der Waals surface area (Å²) in [5.74, 6) is 0.522. The third-order valence-electron chi connectivity index (χ3n) is 3.39. The minimum Gasteiger partial charge on any atom is -0.477 e. The largest absolute Gasteiger partial charge is 0.477 e. The number of nitrogens with two attached hydrogens (primary N) is 1. The zero-order valence-corrected chi connectivity index (χ0v) is 14.1. The van der Waals surface area contributed by atoms with Crippen LogP contribution in [0, 0.1) is 0 Å². The Hall–Kier alpha value is -2.12. The number of hydrogen-bond acceptors (Lipinski definition) is 5. The van der Waals surface area contributed by atoms with Crippen LogP contribution in [0.2, 0.25) is 0 Å². The highest BCUT2D eigenvalue weighted by atomic mass is 32.2. The summed E-state index contributed by atoms with van der Waals surface area (Å²) in [7, 11) is -1.89. The van der Waals surface area contributed by atoms with Crippen LogP contribution < -0.4 is 15.2 Å². The smallest absolute Gasteiger partial charge is 0.238 e. The van der Waals surface area contributed by atoms with Crippen molar-refractivity contribution in [2.75, 3.05) is 19.0 Å². The highest BCUT2D eigenvalue weighted by Crippen LogP contribution is 2.35. The molecule has 0 amide bonds. The maximum atomic E-state index is 11.4. The predicted molar refractivity (Wildman–Crippen MR) is 91.0 cm³/mol. The van der Waals surface area contributed by atoms with E-state index in [9.17, 15) is 8.42 Å². The van der Waals surface area contributed by atoms with E-state index < -0.39 is 10.0 Å². The molecule has 0 spiro atoms. The van der Waals surface area contributed by atoms with Crippen molar-refractivity contribution in [1.29, 1.82) is 0 Å². The first-order valence-corrected chi connectivity index (χ1v) is 8.94. The fraction of sp³-hybridized carbons (Fsp3) is 0.312. The Morgan fingerprint density at radius 3 is 2.48 bits per heavy atom. The molecule has 1 heterocycles. The normalized spacial score (nSPS) is 11.3. The van der Waals surface area contributed by atoms with E-state index in [4.69, 9.17) is 9.88 Å². The highest BCUT2D eigenvalue weighted by Gasteiger charge is 2.14. The molecule has 0 fully saturated rings. The molecule has 0 aliphatic heterocycles. The van der Waals surface area contributed by atoms with Crippen LogP contribution in [0.4, 0.5) is 5.69 Å². The maximum absolute atomic E-state index is 11.4. The number of anilines is 1. The average Bonchev–Trinajstić information content (AvgIpc) is 2.54. The molecule has 1 aromatic carbocycles. The topological polar surface area (TPSA) is 94.3 Å². The number of pyridine rings is 1. The van der Waals surface area contributed by atoms with Gasteiger partial charge in [0.05, 0.1) is 17.1 Å². The van der Waals surface area contributed by atoms with Gasteiger partial charge in [0.15, 0.2) is 0 Å². The molecule has 0 aliphatic rings. The van der Waals surface area contributed by atoms with Gasteiger partial charge in [-0.1, -0.05) is 25.5 Å². The minimum atomic E-state index is -3.71. The van der Waals surface area contributed by atoms with Crippen LogP contribution in [0.3, 0.4) is 0 Å². The van der Waals surface area contributed by atoms with Gasteiger partial charge in [-0.3, -0.25) is 0 Å². The number of sulfonamides is 1. The van der Waals surface area contributed by atoms with Crippen LogP contribution in [-0.2, 0) is 10.0 Å². The van der Waals surface area contributed by atoms with E-state index in [1.165, 1.54) is 12.1 Å². The molecular weight excluding hydrogens is 314 g/mol. The molecular formula is C16H21N3O3S. The molecule has 0 aliphatic carbocycles. The van der Waals surface area contributed by atoms with Crippen LogP contribution in [-0.4, -0.2) is 27.1 Å². The lowest BCUT2D eigenvalue weighted by atomic mass is 10.1. The number of hydrogen-bond donors (Lipinski definition) is 2. The number of unbranched alkanes of at least 4 members (excludes halogenated alkanes) is 1. The van der Waals surface area contributed by atoms with Gasteiger partial charge in [-0.05, 0) is 30.2 Å². The fourth-order valence-corrected chi connectivity index (χ4v) is 2.68. The molecule has 1 aromatic heterocycles. The van der Waals surface area contributed by atoms with Gasteiger partial charge in [0.25, 0.3) is 0 Å². The Morgan fingerprint density at radius 1 is 1.22 bits per heavy atom. The van der Waals surface area contributed by atoms with E-state index in [1.807, 2.05) is 13.1 Å². The van der Waals surface area contributed by atoms with Crippen molar-refractivity contribution < 1.29 is 13.2 Å². The molecule has 23 heavy (non-hydrogen) atoms. The first kappa shape index (κ1) is 17.2. The molecule has 124 valence electrons. The Kier molecular flexibility index (Phi) is 5.57. The molecule has 0 bridgehead atoms. The van der Waals surface area contributed by atoms with Gasteiger partial charge < -0.3 is 10.1 Å². The van der Waals surface area contributed by atoms with Crippen LogP contribution in [0.1, 0.15) is 19.8 Å². The Bertz CT molecular complexity index is 759. The number of aromatic nitrogens is 1. The summed E-state index contributed by atoms with van der Waals surface area (Å²) in [6.07, 6.45) is 3.65. The van der Waals surface area contributed by atoms with E-state index in [0.29, 0.717) is 12.5 Å². The molecule has 0 saturated carbocycles. The van der Waals surface area contributed by atoms with E-state index >= 15 is 0 Å². The van der Waals surface area contributed by atoms with Gasteiger partial charge in [-0.25, -0.2) is 18.5 Å². The molecule has 0 saturated heterocycles. The second-order valence-electron chi connectivity index (χ2n) is 5.06. The maximum Gasteiger partial charge on any atom is 0.238 e. The van der Waals surface area contributed by atoms with Crippen molar-refractivity contribution in [3.63, 3.8) is 0 Å². The standard InChI is InChI=1S/C16H21N3O3S/c1-3-4-11-22-16-15(14(18-2)9-10-19-16)12-5-7-13(8-6-12)23(17,20)21/h5-10H,3-4,11H2,1-2H3,(H,18,19)(H2,17,20,21). The van der Waals surface area contributed by atoms with Gasteiger partial charge in [0, 0.05) is 18.9 Å². The van der Waals surface area contributed by atoms with Gasteiger partial charge in [0.2, 0.25) is 15.9 Å². The Balaban J connectivity index is 2.44. The van der Waals surface area contributed by atoms with Crippen molar-refractivity contribution in [3.05, 3.63) is 36.5 Å². The number of primary sulfonamides is 1. The molecule has 2 rings (SSSR count). The minimum absolute atomic E-state index is 0.0737. The second kappa shape index (κ2) is 7.43. The Labute approximate surface area is 136 Å². The zero-order chi connectivity index (χ0) is 16.9. The van der Waals surface area contributed by atoms with Crippen LogP contribution in [0.15, 0.2) is 41.4 Å². The van der Waals surface area contributed by atoms with Crippen LogP contribution in [0.25, 0.3) is 11.1 Å². The van der Waals surface area contributed by atoms with Crippen molar-refractivity contribution in [2.24, 2.45) is 5.14 Å². The monoisotopic (exact) mass is 335 g/mol. The number of ether oxygens (including phenoxy) is 1. The summed E-state index contributed by atoms with van der Waals surface area (Å²) in [6.45, 7) is 2.67. The van der Waals surface area contributed by atoms with Gasteiger partial charge in [-0.15, -0.1) is 0 Å². The summed E-state index contributed by atoms with van der Waals surface area (Å²) in [6, 6.07) is 8.20. The first-order chi connectivity index (χ1) is 11.0. The SMILES string of the molecule is CCCCOc1nccc(NC)c1-c1ccc(S(N)(=O)=O)cc1. The third-order valence-corrected chi connectivity index (χ3v) is 4.32. The lowest BCUT2D eigenvalue weighted by molar-refractivity contribution is 0.299. The fourth-order valence-electron chi connectivity index (χ4n) is 2.16. The van der Waals surface area contributed by atoms with Gasteiger partial charge in [0.1, 0.15) is 0 Å². The summed E-state index contributed by atoms with van der Waals surface area (Å²) < 4.78 is 28.5. The first-order valence-electron chi connectivity index (χ1n) is 7.40. The summed E-state index contributed by atoms with van der Waals surface area (Å²) in [5, 5.41) is 8.24. The summed E-state index contributed by atoms with van der Waals surface area (Å²) in [4.78, 5) is 4.38. The number of nitrogens with one attached hydrogen (secondary N) is 1. The van der Waals surface area contributed by atoms with E-state index in [0.717, 1.165) is 29.7 Å². The van der Waals surface area contributed by atoms with Crippen LogP contribution >= 0.6 is 0 Å². The molecule has 0 unspecified atom stereocenters. The lowest BCUT2D eigenvalue weighted by Gasteiger charge is -2.14. The predicted octanol–water partition coefficient (Wildman–Crippen LogP) is 2.62. The quantitative estimate of drug-likeness (QED) is 0.759. The second-order valence-corrected chi connectivity index (χ2v) is 6.62. The van der Waals surface area contributed by atoms with Gasteiger partial charge in [-0.2, -0.15) is 0 Å². The summed E-state index contributed by atoms with van der Waals surface area (Å²) in [5.41, 5.74) is 2.46. The molecule has 3 N–H and O–H groups in total. The molecule has 7 heteroatoms. The lowest BCUT2D eigenvalue weighted by Crippen LogP contribution is -2.11. The third kappa shape index (κ3) is 4.20. The zero-order valence-electron chi connectivity index (χ0n) is 13.2. The van der Waals surface area contributed by atoms with E-state index in [1.54, 1.807) is 18.3 Å². The molecule has 0 radical (unpaired) electrons. The highest BCUT2D eigenvalue weighted by molar-refractivity contribution is 7.89. The van der Waals surface area contributed by atoms with Crippen molar-refractivity contribution in [3.8, 4) is 17.0 Å². The number of rotatable bonds is 7. The average molecular weight is 335 g/mol. The summed E-state index contributed by atoms with van der Waals surface area (Å²) >= 11 is 0.